The lowest BCUT2D eigenvalue weighted by molar-refractivity contribution is 0.0699. The Morgan fingerprint density at radius 3 is 2.85 bits per heavy atom. The van der Waals surface area contributed by atoms with E-state index in [1.165, 1.54) is 24.5 Å². The Kier molecular flexibility index (Phi) is 4.87. The molecular formula is C21H19FN4O. The summed E-state index contributed by atoms with van der Waals surface area (Å²) >= 11 is 0. The maximum atomic E-state index is 13.5. The minimum atomic E-state index is -0.280. The fourth-order valence-electron chi connectivity index (χ4n) is 3.46. The summed E-state index contributed by atoms with van der Waals surface area (Å²) in [6.45, 7) is 1.30. The molecule has 5 nitrogen and oxygen atoms in total. The number of nitrogens with zero attached hydrogens (tertiary/aromatic N) is 4. The van der Waals surface area contributed by atoms with Crippen LogP contribution < -0.4 is 0 Å². The lowest BCUT2D eigenvalue weighted by atomic mass is 9.93. The molecule has 0 spiro atoms. The molecule has 1 aromatic carbocycles. The highest BCUT2D eigenvalue weighted by Crippen LogP contribution is 2.28. The number of piperidine rings is 1. The second-order valence-electron chi connectivity index (χ2n) is 6.64. The molecule has 1 atom stereocenters. The number of hydrogen-bond donors (Lipinski definition) is 0. The van der Waals surface area contributed by atoms with Crippen molar-refractivity contribution in [3.8, 4) is 11.3 Å². The van der Waals surface area contributed by atoms with Crippen LogP contribution in [0.5, 0.6) is 0 Å². The molecule has 4 rings (SSSR count). The Bertz CT molecular complexity index is 948. The molecule has 1 amide bonds. The zero-order valence-electron chi connectivity index (χ0n) is 14.8. The number of aromatic nitrogens is 3. The summed E-state index contributed by atoms with van der Waals surface area (Å²) < 4.78 is 13.5. The Morgan fingerprint density at radius 2 is 2.04 bits per heavy atom. The smallest absolute Gasteiger partial charge is 0.274 e. The van der Waals surface area contributed by atoms with Crippen molar-refractivity contribution in [3.63, 3.8) is 0 Å². The van der Waals surface area contributed by atoms with Gasteiger partial charge in [0.05, 0.1) is 11.9 Å². The van der Waals surface area contributed by atoms with Crippen molar-refractivity contribution >= 4 is 5.91 Å². The SMILES string of the molecule is O=C(c1cnccn1)N1CCC[C@H](c2cccc(-c3cccc(F)c3)n2)C1. The van der Waals surface area contributed by atoms with Crippen LogP contribution in [-0.4, -0.2) is 38.8 Å². The molecule has 1 saturated heterocycles. The van der Waals surface area contributed by atoms with Gasteiger partial charge in [-0.25, -0.2) is 9.37 Å². The van der Waals surface area contributed by atoms with Crippen molar-refractivity contribution in [2.24, 2.45) is 0 Å². The number of amides is 1. The molecule has 0 aliphatic carbocycles. The van der Waals surface area contributed by atoms with Gasteiger partial charge in [0.15, 0.2) is 0 Å². The molecule has 0 unspecified atom stereocenters. The lowest BCUT2D eigenvalue weighted by Gasteiger charge is -2.32. The van der Waals surface area contributed by atoms with Crippen LogP contribution in [0.25, 0.3) is 11.3 Å². The van der Waals surface area contributed by atoms with Gasteiger partial charge in [0.2, 0.25) is 0 Å². The van der Waals surface area contributed by atoms with Crippen molar-refractivity contribution < 1.29 is 9.18 Å². The highest BCUT2D eigenvalue weighted by atomic mass is 19.1. The average Bonchev–Trinajstić information content (AvgIpc) is 2.74. The van der Waals surface area contributed by atoms with Crippen LogP contribution >= 0.6 is 0 Å². The highest BCUT2D eigenvalue weighted by Gasteiger charge is 2.27. The van der Waals surface area contributed by atoms with E-state index in [1.54, 1.807) is 12.3 Å². The quantitative estimate of drug-likeness (QED) is 0.713. The van der Waals surface area contributed by atoms with Crippen LogP contribution in [0.1, 0.15) is 34.9 Å². The van der Waals surface area contributed by atoms with Crippen molar-refractivity contribution in [2.45, 2.75) is 18.8 Å². The third kappa shape index (κ3) is 3.84. The Morgan fingerprint density at radius 1 is 1.15 bits per heavy atom. The molecule has 2 aromatic heterocycles. The van der Waals surface area contributed by atoms with Crippen molar-refractivity contribution in [1.82, 2.24) is 19.9 Å². The van der Waals surface area contributed by atoms with Crippen LogP contribution in [-0.2, 0) is 0 Å². The molecule has 0 N–H and O–H groups in total. The van der Waals surface area contributed by atoms with Crippen LogP contribution in [0.2, 0.25) is 0 Å². The average molecular weight is 362 g/mol. The summed E-state index contributed by atoms with van der Waals surface area (Å²) in [6, 6.07) is 12.2. The number of likely N-dealkylation sites (tertiary alicyclic amines) is 1. The molecule has 3 heterocycles. The molecule has 0 radical (unpaired) electrons. The highest BCUT2D eigenvalue weighted by molar-refractivity contribution is 5.92. The van der Waals surface area contributed by atoms with Crippen molar-refractivity contribution in [1.29, 1.82) is 0 Å². The van der Waals surface area contributed by atoms with E-state index < -0.39 is 0 Å². The summed E-state index contributed by atoms with van der Waals surface area (Å²) in [6.07, 6.45) is 6.44. The molecule has 0 saturated carbocycles. The number of hydrogen-bond acceptors (Lipinski definition) is 4. The lowest BCUT2D eigenvalue weighted by Crippen LogP contribution is -2.39. The Hall–Kier alpha value is -3.15. The Balaban J connectivity index is 1.55. The number of benzene rings is 1. The number of pyridine rings is 1. The normalized spacial score (nSPS) is 16.9. The first kappa shape index (κ1) is 17.3. The molecule has 27 heavy (non-hydrogen) atoms. The number of rotatable bonds is 3. The van der Waals surface area contributed by atoms with Crippen LogP contribution in [0.15, 0.2) is 61.1 Å². The molecular weight excluding hydrogens is 343 g/mol. The first-order valence-corrected chi connectivity index (χ1v) is 8.99. The van der Waals surface area contributed by atoms with Gasteiger partial charge in [0.25, 0.3) is 5.91 Å². The summed E-state index contributed by atoms with van der Waals surface area (Å²) in [5.74, 6) is -0.236. The molecule has 136 valence electrons. The second-order valence-corrected chi connectivity index (χ2v) is 6.64. The summed E-state index contributed by atoms with van der Waals surface area (Å²) in [7, 11) is 0. The monoisotopic (exact) mass is 362 g/mol. The van der Waals surface area contributed by atoms with Crippen molar-refractivity contribution in [3.05, 3.63) is 78.3 Å². The zero-order chi connectivity index (χ0) is 18.6. The summed E-state index contributed by atoms with van der Waals surface area (Å²) in [4.78, 5) is 27.3. The van der Waals surface area contributed by atoms with Gasteiger partial charge in [-0.2, -0.15) is 0 Å². The van der Waals surface area contributed by atoms with E-state index in [-0.39, 0.29) is 17.6 Å². The van der Waals surface area contributed by atoms with E-state index >= 15 is 0 Å². The fraction of sp³-hybridized carbons (Fsp3) is 0.238. The van der Waals surface area contributed by atoms with E-state index in [4.69, 9.17) is 4.98 Å². The van der Waals surface area contributed by atoms with E-state index in [0.29, 0.717) is 18.8 Å². The van der Waals surface area contributed by atoms with E-state index in [1.807, 2.05) is 29.2 Å². The fourth-order valence-corrected chi connectivity index (χ4v) is 3.46. The largest absolute Gasteiger partial charge is 0.337 e. The predicted octanol–water partition coefficient (Wildman–Crippen LogP) is 3.70. The van der Waals surface area contributed by atoms with Gasteiger partial charge in [-0.15, -0.1) is 0 Å². The summed E-state index contributed by atoms with van der Waals surface area (Å²) in [5, 5.41) is 0. The minimum Gasteiger partial charge on any atom is -0.337 e. The van der Waals surface area contributed by atoms with Crippen LogP contribution in [0.4, 0.5) is 4.39 Å². The topological polar surface area (TPSA) is 59.0 Å². The number of halogens is 1. The third-order valence-electron chi connectivity index (χ3n) is 4.80. The molecule has 1 fully saturated rings. The maximum absolute atomic E-state index is 13.5. The van der Waals surface area contributed by atoms with Gasteiger partial charge in [0, 0.05) is 42.7 Å². The predicted molar refractivity (Wildman–Crippen MR) is 99.5 cm³/mol. The first-order valence-electron chi connectivity index (χ1n) is 8.99. The molecule has 1 aliphatic heterocycles. The van der Waals surface area contributed by atoms with Crippen molar-refractivity contribution in [2.75, 3.05) is 13.1 Å². The molecule has 3 aromatic rings. The van der Waals surface area contributed by atoms with Crippen LogP contribution in [0, 0.1) is 5.82 Å². The van der Waals surface area contributed by atoms with E-state index in [2.05, 4.69) is 9.97 Å². The van der Waals surface area contributed by atoms with Gasteiger partial charge in [0.1, 0.15) is 11.5 Å². The second kappa shape index (κ2) is 7.61. The molecule has 6 heteroatoms. The maximum Gasteiger partial charge on any atom is 0.274 e. The van der Waals surface area contributed by atoms with E-state index in [0.717, 1.165) is 29.8 Å². The number of carbonyl (C=O) groups is 1. The van der Waals surface area contributed by atoms with E-state index in [9.17, 15) is 9.18 Å². The minimum absolute atomic E-state index is 0.103. The molecule has 1 aliphatic rings. The van der Waals surface area contributed by atoms with Gasteiger partial charge in [-0.1, -0.05) is 18.2 Å². The number of carbonyl (C=O) groups excluding carboxylic acids is 1. The first-order chi connectivity index (χ1) is 13.2. The van der Waals surface area contributed by atoms with Gasteiger partial charge in [-0.05, 0) is 37.1 Å². The zero-order valence-corrected chi connectivity index (χ0v) is 14.8. The van der Waals surface area contributed by atoms with Gasteiger partial charge < -0.3 is 4.90 Å². The third-order valence-corrected chi connectivity index (χ3v) is 4.80. The van der Waals surface area contributed by atoms with Gasteiger partial charge in [-0.3, -0.25) is 14.8 Å². The summed E-state index contributed by atoms with van der Waals surface area (Å²) in [5.41, 5.74) is 2.78. The van der Waals surface area contributed by atoms with Gasteiger partial charge >= 0.3 is 0 Å². The standard InChI is InChI=1S/C21H19FN4O/c22-17-6-1-4-15(12-17)18-7-2-8-19(25-18)16-5-3-11-26(14-16)21(27)20-13-23-9-10-24-20/h1-2,4,6-10,12-13,16H,3,5,11,14H2/t16-/m0/s1. The molecule has 0 bridgehead atoms. The Labute approximate surface area is 156 Å². The van der Waals surface area contributed by atoms with Crippen LogP contribution in [0.3, 0.4) is 0 Å².